The van der Waals surface area contributed by atoms with E-state index in [1.54, 1.807) is 11.3 Å². The van der Waals surface area contributed by atoms with Gasteiger partial charge in [-0.15, -0.1) is 11.3 Å². The van der Waals surface area contributed by atoms with E-state index >= 15 is 0 Å². The van der Waals surface area contributed by atoms with Crippen LogP contribution >= 0.6 is 32.9 Å². The van der Waals surface area contributed by atoms with E-state index < -0.39 is 0 Å². The zero-order valence-corrected chi connectivity index (χ0v) is 20.9. The zero-order valence-electron chi connectivity index (χ0n) is 18.4. The van der Waals surface area contributed by atoms with Gasteiger partial charge in [0.1, 0.15) is 5.84 Å². The molecular weight excluding hydrogens is 456 g/mol. The summed E-state index contributed by atoms with van der Waals surface area (Å²) in [5.41, 5.74) is 8.25. The smallest absolute Gasteiger partial charge is 0.222 e. The average Bonchev–Trinajstić information content (AvgIpc) is 3.52. The first kappa shape index (κ1) is 23.7. The Labute approximate surface area is 203 Å². The van der Waals surface area contributed by atoms with Crippen LogP contribution in [0.1, 0.15) is 42.5 Å². The molecule has 0 bridgehead atoms. The number of amides is 1. The SMILES string of the molecule is N/C(=N\c1cccc(CN2CCN(C(=O)CCCCC3CCSS3)CC2)c1)c1cccs1. The van der Waals surface area contributed by atoms with Gasteiger partial charge < -0.3 is 10.6 Å². The van der Waals surface area contributed by atoms with Gasteiger partial charge in [-0.1, -0.05) is 46.2 Å². The second kappa shape index (κ2) is 12.1. The lowest BCUT2D eigenvalue weighted by atomic mass is 10.1. The van der Waals surface area contributed by atoms with Crippen LogP contribution in [-0.4, -0.2) is 58.7 Å². The van der Waals surface area contributed by atoms with E-state index in [1.165, 1.54) is 30.6 Å². The van der Waals surface area contributed by atoms with E-state index in [0.717, 1.165) is 55.0 Å². The van der Waals surface area contributed by atoms with Crippen molar-refractivity contribution in [1.29, 1.82) is 0 Å². The molecule has 4 rings (SSSR count). The first-order valence-corrected chi connectivity index (χ1v) is 14.7. The molecule has 172 valence electrons. The molecule has 3 heterocycles. The third-order valence-electron chi connectivity index (χ3n) is 5.96. The number of piperazine rings is 1. The van der Waals surface area contributed by atoms with Crippen molar-refractivity contribution in [3.63, 3.8) is 0 Å². The number of thiophene rings is 1. The summed E-state index contributed by atoms with van der Waals surface area (Å²) in [5, 5.41) is 2.82. The number of carbonyl (C=O) groups excluding carboxylic acids is 1. The molecule has 0 saturated carbocycles. The van der Waals surface area contributed by atoms with Crippen LogP contribution < -0.4 is 5.73 Å². The van der Waals surface area contributed by atoms with Gasteiger partial charge in [0.2, 0.25) is 5.91 Å². The van der Waals surface area contributed by atoms with Crippen LogP contribution in [0.3, 0.4) is 0 Å². The molecular formula is C24H32N4OS3. The minimum atomic E-state index is 0.332. The number of rotatable bonds is 9. The Balaban J connectivity index is 1.19. The molecule has 5 nitrogen and oxygen atoms in total. The molecule has 0 spiro atoms. The Kier molecular flexibility index (Phi) is 8.96. The molecule has 1 amide bonds. The Morgan fingerprint density at radius 2 is 2.00 bits per heavy atom. The molecule has 8 heteroatoms. The minimum Gasteiger partial charge on any atom is -0.383 e. The van der Waals surface area contributed by atoms with Crippen LogP contribution in [0.15, 0.2) is 46.8 Å². The number of nitrogens with two attached hydrogens (primary N) is 1. The highest BCUT2D eigenvalue weighted by Gasteiger charge is 2.21. The number of benzene rings is 1. The van der Waals surface area contributed by atoms with E-state index in [0.29, 0.717) is 18.2 Å². The maximum Gasteiger partial charge on any atom is 0.222 e. The van der Waals surface area contributed by atoms with Crippen molar-refractivity contribution in [2.75, 3.05) is 31.9 Å². The molecule has 0 radical (unpaired) electrons. The van der Waals surface area contributed by atoms with Crippen molar-refractivity contribution in [2.24, 2.45) is 10.7 Å². The molecule has 2 N–H and O–H groups in total. The van der Waals surface area contributed by atoms with Crippen molar-refractivity contribution in [1.82, 2.24) is 9.80 Å². The number of amidine groups is 1. The minimum absolute atomic E-state index is 0.332. The Morgan fingerprint density at radius 1 is 1.12 bits per heavy atom. The van der Waals surface area contributed by atoms with Gasteiger partial charge in [-0.2, -0.15) is 0 Å². The number of unbranched alkanes of at least 4 members (excludes halogenated alkanes) is 1. The van der Waals surface area contributed by atoms with Gasteiger partial charge in [-0.05, 0) is 48.4 Å². The Bertz CT molecular complexity index is 888. The van der Waals surface area contributed by atoms with Crippen LogP contribution in [0.4, 0.5) is 5.69 Å². The molecule has 1 aromatic carbocycles. The summed E-state index contributed by atoms with van der Waals surface area (Å²) in [6.45, 7) is 4.38. The van der Waals surface area contributed by atoms with Gasteiger partial charge in [0.05, 0.1) is 10.6 Å². The molecule has 1 unspecified atom stereocenters. The van der Waals surface area contributed by atoms with Gasteiger partial charge >= 0.3 is 0 Å². The molecule has 1 atom stereocenters. The quantitative estimate of drug-likeness (QED) is 0.229. The summed E-state index contributed by atoms with van der Waals surface area (Å²) < 4.78 is 0. The summed E-state index contributed by atoms with van der Waals surface area (Å²) in [6, 6.07) is 12.3. The second-order valence-corrected chi connectivity index (χ2v) is 12.1. The van der Waals surface area contributed by atoms with E-state index in [1.807, 2.05) is 51.2 Å². The van der Waals surface area contributed by atoms with Gasteiger partial charge in [-0.3, -0.25) is 9.69 Å². The van der Waals surface area contributed by atoms with Gasteiger partial charge in [0.25, 0.3) is 0 Å². The van der Waals surface area contributed by atoms with Gasteiger partial charge in [0, 0.05) is 50.1 Å². The summed E-state index contributed by atoms with van der Waals surface area (Å²) in [6.07, 6.45) is 5.52. The number of nitrogens with zero attached hydrogens (tertiary/aromatic N) is 3. The van der Waals surface area contributed by atoms with Crippen molar-refractivity contribution in [3.8, 4) is 0 Å². The summed E-state index contributed by atoms with van der Waals surface area (Å²) in [5.74, 6) is 2.18. The highest BCUT2D eigenvalue weighted by atomic mass is 33.1. The molecule has 1 aromatic heterocycles. The van der Waals surface area contributed by atoms with E-state index in [2.05, 4.69) is 26.9 Å². The van der Waals surface area contributed by atoms with Crippen molar-refractivity contribution in [3.05, 3.63) is 52.2 Å². The van der Waals surface area contributed by atoms with Crippen LogP contribution in [0, 0.1) is 0 Å². The highest BCUT2D eigenvalue weighted by molar-refractivity contribution is 8.77. The average molecular weight is 489 g/mol. The maximum atomic E-state index is 12.6. The van der Waals surface area contributed by atoms with Crippen molar-refractivity contribution in [2.45, 2.75) is 43.9 Å². The standard InChI is InChI=1S/C24H32N4OS3/c25-24(22-8-4-15-30-22)26-20-6-3-5-19(17-20)18-27-11-13-28(14-12-27)23(29)9-2-1-7-21-10-16-31-32-21/h3-6,8,15,17,21H,1-2,7,9-14,16,18H2,(H2,25,26). The number of hydrogen-bond donors (Lipinski definition) is 1. The maximum absolute atomic E-state index is 12.6. The number of aliphatic imine (C=N–C) groups is 1. The monoisotopic (exact) mass is 488 g/mol. The second-order valence-electron chi connectivity index (χ2n) is 8.38. The Morgan fingerprint density at radius 3 is 2.75 bits per heavy atom. The van der Waals surface area contributed by atoms with Crippen LogP contribution in [0.2, 0.25) is 0 Å². The first-order valence-electron chi connectivity index (χ1n) is 11.4. The number of carbonyl (C=O) groups is 1. The third kappa shape index (κ3) is 7.01. The van der Waals surface area contributed by atoms with E-state index in [-0.39, 0.29) is 0 Å². The van der Waals surface area contributed by atoms with Crippen molar-refractivity contribution < 1.29 is 4.79 Å². The van der Waals surface area contributed by atoms with E-state index in [9.17, 15) is 4.79 Å². The highest BCUT2D eigenvalue weighted by Crippen LogP contribution is 2.39. The van der Waals surface area contributed by atoms with Gasteiger partial charge in [0.15, 0.2) is 0 Å². The molecule has 0 aliphatic carbocycles. The fourth-order valence-corrected chi connectivity index (χ4v) is 7.78. The molecule has 2 aliphatic heterocycles. The number of hydrogen-bond acceptors (Lipinski definition) is 6. The topological polar surface area (TPSA) is 61.9 Å². The fourth-order valence-electron chi connectivity index (χ4n) is 4.13. The third-order valence-corrected chi connectivity index (χ3v) is 9.86. The van der Waals surface area contributed by atoms with Crippen LogP contribution in [0.25, 0.3) is 0 Å². The summed E-state index contributed by atoms with van der Waals surface area (Å²) in [4.78, 5) is 22.6. The first-order chi connectivity index (χ1) is 15.7. The fraction of sp³-hybridized carbons (Fsp3) is 0.500. The van der Waals surface area contributed by atoms with E-state index in [4.69, 9.17) is 5.73 Å². The summed E-state index contributed by atoms with van der Waals surface area (Å²) >= 11 is 1.60. The molecule has 2 saturated heterocycles. The summed E-state index contributed by atoms with van der Waals surface area (Å²) in [7, 11) is 4.03. The predicted molar refractivity (Wildman–Crippen MR) is 140 cm³/mol. The largest absolute Gasteiger partial charge is 0.383 e. The zero-order chi connectivity index (χ0) is 22.2. The predicted octanol–water partition coefficient (Wildman–Crippen LogP) is 5.14. The lowest BCUT2D eigenvalue weighted by molar-refractivity contribution is -0.133. The van der Waals surface area contributed by atoms with Crippen molar-refractivity contribution >= 4 is 50.4 Å². The normalized spacial score (nSPS) is 20.1. The van der Waals surface area contributed by atoms with Crippen LogP contribution in [0.5, 0.6) is 0 Å². The molecule has 2 aliphatic rings. The molecule has 2 aromatic rings. The molecule has 2 fully saturated rings. The Hall–Kier alpha value is -1.48. The molecule has 32 heavy (non-hydrogen) atoms. The van der Waals surface area contributed by atoms with Crippen LogP contribution in [-0.2, 0) is 11.3 Å². The van der Waals surface area contributed by atoms with Gasteiger partial charge in [-0.25, -0.2) is 4.99 Å². The lowest BCUT2D eigenvalue weighted by Gasteiger charge is -2.35. The lowest BCUT2D eigenvalue weighted by Crippen LogP contribution is -2.48.